The van der Waals surface area contributed by atoms with E-state index >= 15 is 0 Å². The van der Waals surface area contributed by atoms with Crippen molar-refractivity contribution in [3.8, 4) is 11.1 Å². The molecule has 0 N–H and O–H groups in total. The topological polar surface area (TPSA) is 41.5 Å². The zero-order valence-corrected chi connectivity index (χ0v) is 15.4. The maximum Gasteiger partial charge on any atom is 0.146 e. The average Bonchev–Trinajstić information content (AvgIpc) is 3.06. The van der Waals surface area contributed by atoms with E-state index in [-0.39, 0.29) is 0 Å². The van der Waals surface area contributed by atoms with Crippen LogP contribution in [-0.2, 0) is 11.3 Å². The molecule has 1 fully saturated rings. The number of hydrogen-bond donors (Lipinski definition) is 0. The van der Waals surface area contributed by atoms with Gasteiger partial charge in [0.05, 0.1) is 25.1 Å². The van der Waals surface area contributed by atoms with Crippen molar-refractivity contribution < 1.29 is 4.74 Å². The maximum atomic E-state index is 5.53. The molecule has 25 heavy (non-hydrogen) atoms. The van der Waals surface area contributed by atoms with Gasteiger partial charge in [-0.05, 0) is 19.7 Å². The molecule has 0 aliphatic carbocycles. The highest BCUT2D eigenvalue weighted by Crippen LogP contribution is 2.38. The second-order valence-corrected chi connectivity index (χ2v) is 7.35. The highest BCUT2D eigenvalue weighted by atomic mass is 32.1. The number of nitrogens with zero attached hydrogens (tertiary/aromatic N) is 4. The first kappa shape index (κ1) is 16.4. The number of thiophene rings is 1. The van der Waals surface area contributed by atoms with Gasteiger partial charge < -0.3 is 14.5 Å². The Bertz CT molecular complexity index is 856. The summed E-state index contributed by atoms with van der Waals surface area (Å²) in [4.78, 5) is 15.3. The molecule has 0 saturated carbocycles. The molecule has 0 radical (unpaired) electrons. The van der Waals surface area contributed by atoms with Crippen LogP contribution in [0.4, 0.5) is 5.82 Å². The fourth-order valence-electron chi connectivity index (χ4n) is 3.15. The summed E-state index contributed by atoms with van der Waals surface area (Å²) >= 11 is 1.70. The van der Waals surface area contributed by atoms with Crippen molar-refractivity contribution in [3.63, 3.8) is 0 Å². The third-order valence-corrected chi connectivity index (χ3v) is 5.19. The van der Waals surface area contributed by atoms with Crippen LogP contribution in [0.2, 0.25) is 0 Å². The Kier molecular flexibility index (Phi) is 4.65. The van der Waals surface area contributed by atoms with Gasteiger partial charge in [0.15, 0.2) is 0 Å². The smallest absolute Gasteiger partial charge is 0.146 e. The standard InChI is InChI=1S/C19H22N4OS/c1-22(2)12-16-20-18(23-8-10-24-11-9-23)17-15(13-25-19(17)21-16)14-6-4-3-5-7-14/h3-7,13H,8-12H2,1-2H3. The Hall–Kier alpha value is -2.02. The molecule has 0 amide bonds. The largest absolute Gasteiger partial charge is 0.378 e. The van der Waals surface area contributed by atoms with Gasteiger partial charge in [-0.2, -0.15) is 0 Å². The molecular weight excluding hydrogens is 332 g/mol. The number of morpholine rings is 1. The van der Waals surface area contributed by atoms with Gasteiger partial charge in [0.2, 0.25) is 0 Å². The molecule has 4 rings (SSSR count). The summed E-state index contributed by atoms with van der Waals surface area (Å²) in [5.41, 5.74) is 2.44. The predicted molar refractivity (Wildman–Crippen MR) is 103 cm³/mol. The van der Waals surface area contributed by atoms with E-state index in [9.17, 15) is 0 Å². The number of hydrogen-bond acceptors (Lipinski definition) is 6. The van der Waals surface area contributed by atoms with Crippen molar-refractivity contribution in [2.45, 2.75) is 6.54 Å². The monoisotopic (exact) mass is 354 g/mol. The van der Waals surface area contributed by atoms with Gasteiger partial charge in [-0.15, -0.1) is 11.3 Å². The normalized spacial score (nSPS) is 15.2. The maximum absolute atomic E-state index is 5.53. The number of rotatable bonds is 4. The molecule has 5 nitrogen and oxygen atoms in total. The van der Waals surface area contributed by atoms with E-state index in [0.29, 0.717) is 0 Å². The van der Waals surface area contributed by atoms with Crippen molar-refractivity contribution in [2.75, 3.05) is 45.3 Å². The lowest BCUT2D eigenvalue weighted by Crippen LogP contribution is -2.37. The molecule has 2 aromatic heterocycles. The van der Waals surface area contributed by atoms with Gasteiger partial charge >= 0.3 is 0 Å². The zero-order valence-electron chi connectivity index (χ0n) is 14.6. The lowest BCUT2D eigenvalue weighted by molar-refractivity contribution is 0.122. The van der Waals surface area contributed by atoms with Crippen LogP contribution in [0.1, 0.15) is 5.82 Å². The minimum Gasteiger partial charge on any atom is -0.378 e. The Balaban J connectivity index is 1.88. The SMILES string of the molecule is CN(C)Cc1nc(N2CCOCC2)c2c(-c3ccccc3)csc2n1. The van der Waals surface area contributed by atoms with Gasteiger partial charge in [-0.3, -0.25) is 0 Å². The molecule has 3 heterocycles. The van der Waals surface area contributed by atoms with Crippen molar-refractivity contribution in [1.29, 1.82) is 0 Å². The number of anilines is 1. The van der Waals surface area contributed by atoms with E-state index in [1.807, 2.05) is 20.2 Å². The Morgan fingerprint density at radius 1 is 1.12 bits per heavy atom. The minimum absolute atomic E-state index is 0.742. The van der Waals surface area contributed by atoms with Crippen LogP contribution in [0.3, 0.4) is 0 Å². The molecule has 3 aromatic rings. The van der Waals surface area contributed by atoms with E-state index in [0.717, 1.165) is 49.3 Å². The first-order chi connectivity index (χ1) is 12.2. The molecule has 130 valence electrons. The Morgan fingerprint density at radius 2 is 1.88 bits per heavy atom. The molecule has 0 spiro atoms. The average molecular weight is 354 g/mol. The lowest BCUT2D eigenvalue weighted by Gasteiger charge is -2.29. The third-order valence-electron chi connectivity index (χ3n) is 4.31. The molecular formula is C19H22N4OS. The molecule has 1 saturated heterocycles. The summed E-state index contributed by atoms with van der Waals surface area (Å²) in [5, 5.41) is 3.37. The van der Waals surface area contributed by atoms with Gasteiger partial charge in [-0.25, -0.2) is 9.97 Å². The summed E-state index contributed by atoms with van der Waals surface area (Å²) in [6.07, 6.45) is 0. The summed E-state index contributed by atoms with van der Waals surface area (Å²) in [5.74, 6) is 1.92. The van der Waals surface area contributed by atoms with E-state index in [4.69, 9.17) is 14.7 Å². The molecule has 1 aliphatic rings. The molecule has 6 heteroatoms. The van der Waals surface area contributed by atoms with Crippen molar-refractivity contribution >= 4 is 27.4 Å². The second kappa shape index (κ2) is 7.07. The van der Waals surface area contributed by atoms with Crippen LogP contribution in [0.15, 0.2) is 35.7 Å². The second-order valence-electron chi connectivity index (χ2n) is 6.50. The van der Waals surface area contributed by atoms with E-state index in [2.05, 4.69) is 39.4 Å². The lowest BCUT2D eigenvalue weighted by atomic mass is 10.1. The predicted octanol–water partition coefficient (Wildman–Crippen LogP) is 3.26. The minimum atomic E-state index is 0.742. The number of aromatic nitrogens is 2. The summed E-state index contributed by atoms with van der Waals surface area (Å²) in [6.45, 7) is 3.99. The van der Waals surface area contributed by atoms with Crippen LogP contribution < -0.4 is 4.90 Å². The van der Waals surface area contributed by atoms with E-state index in [1.165, 1.54) is 16.5 Å². The summed E-state index contributed by atoms with van der Waals surface area (Å²) in [7, 11) is 4.09. The molecule has 1 aromatic carbocycles. The van der Waals surface area contributed by atoms with Gasteiger partial charge in [-0.1, -0.05) is 30.3 Å². The zero-order chi connectivity index (χ0) is 17.2. The van der Waals surface area contributed by atoms with E-state index < -0.39 is 0 Å². The number of benzene rings is 1. The van der Waals surface area contributed by atoms with Crippen molar-refractivity contribution in [3.05, 3.63) is 41.5 Å². The first-order valence-corrected chi connectivity index (χ1v) is 9.41. The summed E-state index contributed by atoms with van der Waals surface area (Å²) < 4.78 is 5.53. The highest BCUT2D eigenvalue weighted by Gasteiger charge is 2.21. The quantitative estimate of drug-likeness (QED) is 0.719. The van der Waals surface area contributed by atoms with Crippen LogP contribution in [0.5, 0.6) is 0 Å². The number of fused-ring (bicyclic) bond motifs is 1. The first-order valence-electron chi connectivity index (χ1n) is 8.53. The van der Waals surface area contributed by atoms with Gasteiger partial charge in [0.25, 0.3) is 0 Å². The molecule has 1 aliphatic heterocycles. The Labute approximate surface area is 151 Å². The van der Waals surface area contributed by atoms with Gasteiger partial charge in [0.1, 0.15) is 16.5 Å². The van der Waals surface area contributed by atoms with Crippen molar-refractivity contribution in [2.24, 2.45) is 0 Å². The van der Waals surface area contributed by atoms with Crippen LogP contribution >= 0.6 is 11.3 Å². The molecule has 0 bridgehead atoms. The van der Waals surface area contributed by atoms with Crippen LogP contribution in [0.25, 0.3) is 21.3 Å². The van der Waals surface area contributed by atoms with Gasteiger partial charge in [0, 0.05) is 24.0 Å². The van der Waals surface area contributed by atoms with Crippen LogP contribution in [0, 0.1) is 0 Å². The van der Waals surface area contributed by atoms with E-state index in [1.54, 1.807) is 11.3 Å². The number of ether oxygens (including phenoxy) is 1. The fraction of sp³-hybridized carbons (Fsp3) is 0.368. The third kappa shape index (κ3) is 3.38. The molecule has 0 atom stereocenters. The van der Waals surface area contributed by atoms with Crippen molar-refractivity contribution in [1.82, 2.24) is 14.9 Å². The van der Waals surface area contributed by atoms with Crippen LogP contribution in [-0.4, -0.2) is 55.3 Å². The fourth-order valence-corrected chi connectivity index (χ4v) is 4.11. The summed E-state index contributed by atoms with van der Waals surface area (Å²) in [6, 6.07) is 10.5. The highest BCUT2D eigenvalue weighted by molar-refractivity contribution is 7.17. The Morgan fingerprint density at radius 3 is 2.60 bits per heavy atom. The molecule has 0 unspecified atom stereocenters.